The molecule has 0 bridgehead atoms. The van der Waals surface area contributed by atoms with Crippen molar-refractivity contribution in [3.05, 3.63) is 64.7 Å². The molecule has 0 atom stereocenters. The lowest BCUT2D eigenvalue weighted by Gasteiger charge is -2.00. The summed E-state index contributed by atoms with van der Waals surface area (Å²) in [5, 5.41) is 10.6. The maximum Gasteiger partial charge on any atom is 0.153 e. The minimum Gasteiger partial charge on any atom is -0.204 e. The molecule has 2 rings (SSSR count). The Kier molecular flexibility index (Phi) is 4.68. The summed E-state index contributed by atoms with van der Waals surface area (Å²) in [5.74, 6) is -1.60. The third kappa shape index (κ3) is 3.67. The van der Waals surface area contributed by atoms with Crippen molar-refractivity contribution < 1.29 is 8.78 Å². The Morgan fingerprint density at radius 2 is 1.57 bits per heavy atom. The molecule has 0 aromatic heterocycles. The molecular weight excluding hydrogens is 290 g/mol. The van der Waals surface area contributed by atoms with Crippen LogP contribution < -0.4 is 0 Å². The number of thiocarbonyl (C=S) groups is 1. The monoisotopic (exact) mass is 298 g/mol. The van der Waals surface area contributed by atoms with E-state index in [9.17, 15) is 8.78 Å². The number of nitrogens with zero attached hydrogens (tertiary/aromatic N) is 2. The van der Waals surface area contributed by atoms with Crippen LogP contribution in [0.1, 0.15) is 16.7 Å². The molecule has 0 heterocycles. The number of benzene rings is 2. The molecule has 0 saturated heterocycles. The molecule has 0 radical (unpaired) electrons. The highest BCUT2D eigenvalue weighted by atomic mass is 32.1. The number of halogens is 2. The fourth-order valence-electron chi connectivity index (χ4n) is 1.70. The fraction of sp³-hybridized carbons (Fsp3) is 0. The van der Waals surface area contributed by atoms with Crippen molar-refractivity contribution in [2.75, 3.05) is 0 Å². The molecule has 2 nitrogen and oxygen atoms in total. The summed E-state index contributed by atoms with van der Waals surface area (Å²) in [7, 11) is 0. The van der Waals surface area contributed by atoms with E-state index in [-0.39, 0.29) is 0 Å². The van der Waals surface area contributed by atoms with Crippen LogP contribution in [-0.2, 0) is 0 Å². The molecule has 0 amide bonds. The van der Waals surface area contributed by atoms with Crippen molar-refractivity contribution in [3.8, 4) is 6.07 Å². The van der Waals surface area contributed by atoms with Gasteiger partial charge in [-0.25, -0.2) is 8.78 Å². The molecule has 102 valence electrons. The standard InChI is InChI=1S/C16H8F2N2S/c17-14-7-13(8-15(18)16(14)20-10-21)6-3-11-1-4-12(9-19)5-2-11/h1-8H/b6-3+. The highest BCUT2D eigenvalue weighted by Crippen LogP contribution is 2.24. The number of hydrogen-bond acceptors (Lipinski definition) is 3. The normalized spacial score (nSPS) is 10.1. The number of rotatable bonds is 3. The van der Waals surface area contributed by atoms with Crippen LogP contribution in [-0.4, -0.2) is 5.16 Å². The second kappa shape index (κ2) is 6.67. The van der Waals surface area contributed by atoms with Gasteiger partial charge in [-0.2, -0.15) is 10.3 Å². The predicted molar refractivity (Wildman–Crippen MR) is 81.1 cm³/mol. The van der Waals surface area contributed by atoms with Gasteiger partial charge in [-0.3, -0.25) is 0 Å². The Hall–Kier alpha value is -2.67. The molecule has 0 aliphatic carbocycles. The average Bonchev–Trinajstić information content (AvgIpc) is 2.49. The third-order valence-electron chi connectivity index (χ3n) is 2.70. The van der Waals surface area contributed by atoms with E-state index in [1.807, 2.05) is 11.2 Å². The number of isothiocyanates is 1. The van der Waals surface area contributed by atoms with Crippen LogP contribution in [0.15, 0.2) is 41.4 Å². The summed E-state index contributed by atoms with van der Waals surface area (Å²) in [6, 6.07) is 11.2. The van der Waals surface area contributed by atoms with E-state index in [1.54, 1.807) is 36.4 Å². The van der Waals surface area contributed by atoms with Crippen LogP contribution in [0.25, 0.3) is 12.2 Å². The molecule has 0 spiro atoms. The van der Waals surface area contributed by atoms with E-state index in [0.29, 0.717) is 11.1 Å². The third-order valence-corrected chi connectivity index (χ3v) is 2.80. The van der Waals surface area contributed by atoms with Crippen molar-refractivity contribution in [2.24, 2.45) is 4.99 Å². The Bertz CT molecular complexity index is 760. The van der Waals surface area contributed by atoms with Gasteiger partial charge < -0.3 is 0 Å². The highest BCUT2D eigenvalue weighted by Gasteiger charge is 2.08. The Balaban J connectivity index is 2.29. The second-order valence-electron chi connectivity index (χ2n) is 4.10. The smallest absolute Gasteiger partial charge is 0.153 e. The zero-order chi connectivity index (χ0) is 15.2. The molecule has 0 unspecified atom stereocenters. The van der Waals surface area contributed by atoms with Crippen molar-refractivity contribution in [1.29, 1.82) is 5.26 Å². The Labute approximate surface area is 125 Å². The van der Waals surface area contributed by atoms with Crippen LogP contribution in [0, 0.1) is 23.0 Å². The summed E-state index contributed by atoms with van der Waals surface area (Å²) < 4.78 is 27.3. The van der Waals surface area contributed by atoms with Gasteiger partial charge in [-0.05, 0) is 47.6 Å². The number of aliphatic imine (C=N–C) groups is 1. The van der Waals surface area contributed by atoms with Gasteiger partial charge in [0, 0.05) is 0 Å². The largest absolute Gasteiger partial charge is 0.204 e. The van der Waals surface area contributed by atoms with Crippen LogP contribution in [0.3, 0.4) is 0 Å². The SMILES string of the molecule is N#Cc1ccc(/C=C/c2cc(F)c(N=C=S)c(F)c2)cc1. The Morgan fingerprint density at radius 3 is 2.10 bits per heavy atom. The molecule has 21 heavy (non-hydrogen) atoms. The maximum atomic E-state index is 13.6. The van der Waals surface area contributed by atoms with Crippen molar-refractivity contribution in [1.82, 2.24) is 0 Å². The number of hydrogen-bond donors (Lipinski definition) is 0. The molecule has 0 N–H and O–H groups in total. The summed E-state index contributed by atoms with van der Waals surface area (Å²) in [6.07, 6.45) is 3.26. The lowest BCUT2D eigenvalue weighted by Crippen LogP contribution is -1.85. The van der Waals surface area contributed by atoms with Crippen LogP contribution in [0.5, 0.6) is 0 Å². The lowest BCUT2D eigenvalue weighted by molar-refractivity contribution is 0.587. The summed E-state index contributed by atoms with van der Waals surface area (Å²) in [5.41, 5.74) is 1.28. The quantitative estimate of drug-likeness (QED) is 0.466. The van der Waals surface area contributed by atoms with E-state index < -0.39 is 17.3 Å². The van der Waals surface area contributed by atoms with Gasteiger partial charge in [-0.1, -0.05) is 24.3 Å². The van der Waals surface area contributed by atoms with Gasteiger partial charge in [0.25, 0.3) is 0 Å². The topological polar surface area (TPSA) is 36.1 Å². The van der Waals surface area contributed by atoms with Crippen molar-refractivity contribution in [3.63, 3.8) is 0 Å². The van der Waals surface area contributed by atoms with Crippen LogP contribution in [0.4, 0.5) is 14.5 Å². The van der Waals surface area contributed by atoms with Gasteiger partial charge in [0.05, 0.1) is 16.8 Å². The molecule has 0 aliphatic heterocycles. The lowest BCUT2D eigenvalue weighted by atomic mass is 10.1. The molecule has 2 aromatic rings. The van der Waals surface area contributed by atoms with Gasteiger partial charge >= 0.3 is 0 Å². The van der Waals surface area contributed by atoms with E-state index in [1.165, 1.54) is 0 Å². The van der Waals surface area contributed by atoms with E-state index in [0.717, 1.165) is 17.7 Å². The molecule has 2 aromatic carbocycles. The maximum absolute atomic E-state index is 13.6. The van der Waals surface area contributed by atoms with Gasteiger partial charge in [0.15, 0.2) is 11.6 Å². The summed E-state index contributed by atoms with van der Waals surface area (Å²) in [4.78, 5) is 3.34. The van der Waals surface area contributed by atoms with E-state index >= 15 is 0 Å². The molecule has 0 saturated carbocycles. The second-order valence-corrected chi connectivity index (χ2v) is 4.29. The molecule has 0 fully saturated rings. The van der Waals surface area contributed by atoms with E-state index in [2.05, 4.69) is 17.2 Å². The molecular formula is C16H8F2N2S. The van der Waals surface area contributed by atoms with E-state index in [4.69, 9.17) is 5.26 Å². The first-order chi connectivity index (χ1) is 10.1. The summed E-state index contributed by atoms with van der Waals surface area (Å²) in [6.45, 7) is 0. The van der Waals surface area contributed by atoms with Crippen LogP contribution in [0.2, 0.25) is 0 Å². The molecule has 0 aliphatic rings. The number of nitriles is 1. The van der Waals surface area contributed by atoms with Gasteiger partial charge in [-0.15, -0.1) is 0 Å². The fourth-order valence-corrected chi connectivity index (χ4v) is 1.79. The first kappa shape index (κ1) is 14.7. The highest BCUT2D eigenvalue weighted by molar-refractivity contribution is 7.78. The van der Waals surface area contributed by atoms with Crippen LogP contribution >= 0.6 is 12.2 Å². The Morgan fingerprint density at radius 1 is 1.00 bits per heavy atom. The van der Waals surface area contributed by atoms with Gasteiger partial charge in [0.2, 0.25) is 0 Å². The summed E-state index contributed by atoms with van der Waals surface area (Å²) >= 11 is 4.33. The predicted octanol–water partition coefficient (Wildman–Crippen LogP) is 4.74. The van der Waals surface area contributed by atoms with Crippen molar-refractivity contribution >= 4 is 35.2 Å². The zero-order valence-electron chi connectivity index (χ0n) is 10.7. The first-order valence-corrected chi connectivity index (χ1v) is 6.30. The average molecular weight is 298 g/mol. The first-order valence-electron chi connectivity index (χ1n) is 5.89. The zero-order valence-corrected chi connectivity index (χ0v) is 11.5. The van der Waals surface area contributed by atoms with Crippen molar-refractivity contribution in [2.45, 2.75) is 0 Å². The molecule has 5 heteroatoms. The minimum absolute atomic E-state index is 0.359. The van der Waals surface area contributed by atoms with Gasteiger partial charge in [0.1, 0.15) is 5.69 Å². The minimum atomic E-state index is -0.799.